The van der Waals surface area contributed by atoms with E-state index in [1.54, 1.807) is 12.3 Å². The van der Waals surface area contributed by atoms with Gasteiger partial charge in [0, 0.05) is 50.3 Å². The van der Waals surface area contributed by atoms with Gasteiger partial charge >= 0.3 is 5.69 Å². The Kier molecular flexibility index (Phi) is 6.39. The highest BCUT2D eigenvalue weighted by atomic mass is 16.2. The quantitative estimate of drug-likeness (QED) is 0.718. The molecule has 1 amide bonds. The number of imidazole rings is 1. The summed E-state index contributed by atoms with van der Waals surface area (Å²) in [4.78, 5) is 36.5. The van der Waals surface area contributed by atoms with Crippen LogP contribution in [0.3, 0.4) is 0 Å². The Hall–Kier alpha value is -2.48. The van der Waals surface area contributed by atoms with Gasteiger partial charge in [0.2, 0.25) is 5.91 Å². The summed E-state index contributed by atoms with van der Waals surface area (Å²) >= 11 is 0. The molecule has 1 saturated heterocycles. The number of likely N-dealkylation sites (tertiary alicyclic amines) is 1. The maximum atomic E-state index is 12.5. The van der Waals surface area contributed by atoms with Crippen molar-refractivity contribution in [1.29, 1.82) is 0 Å². The molecule has 0 unspecified atom stereocenters. The fourth-order valence-corrected chi connectivity index (χ4v) is 3.57. The third kappa shape index (κ3) is 5.03. The molecule has 3 heterocycles. The monoisotopic (exact) mass is 372 g/mol. The number of aryl methyl sites for hydroxylation is 1. The molecule has 1 aliphatic heterocycles. The van der Waals surface area contributed by atoms with Crippen molar-refractivity contribution in [3.8, 4) is 0 Å². The van der Waals surface area contributed by atoms with E-state index in [1.165, 1.54) is 10.8 Å². The van der Waals surface area contributed by atoms with Gasteiger partial charge in [-0.1, -0.05) is 0 Å². The second-order valence-corrected chi connectivity index (χ2v) is 7.32. The maximum Gasteiger partial charge on any atom is 0.347 e. The molecule has 2 aromatic heterocycles. The van der Waals surface area contributed by atoms with Gasteiger partial charge in [0.25, 0.3) is 0 Å². The Labute approximate surface area is 159 Å². The van der Waals surface area contributed by atoms with Crippen LogP contribution in [0.1, 0.15) is 31.0 Å². The number of carbonyl (C=O) groups excluding carboxylic acids is 1. The van der Waals surface area contributed by atoms with Crippen LogP contribution in [0.2, 0.25) is 0 Å². The molecule has 3 rings (SSSR count). The molecule has 0 saturated carbocycles. The fraction of sp³-hybridized carbons (Fsp3) is 0.579. The van der Waals surface area contributed by atoms with Crippen LogP contribution in [0.4, 0.5) is 0 Å². The van der Waals surface area contributed by atoms with Crippen LogP contribution in [0.25, 0.3) is 0 Å². The third-order valence-corrected chi connectivity index (χ3v) is 5.05. The molecule has 0 atom stereocenters. The number of nitrogens with zero attached hydrogens (tertiary/aromatic N) is 6. The lowest BCUT2D eigenvalue weighted by Crippen LogP contribution is -2.41. The van der Waals surface area contributed by atoms with Gasteiger partial charge < -0.3 is 14.4 Å². The molecule has 2 aromatic rings. The normalized spacial score (nSPS) is 15.4. The molecule has 27 heavy (non-hydrogen) atoms. The molecule has 0 aromatic carbocycles. The first-order valence-corrected chi connectivity index (χ1v) is 9.49. The second kappa shape index (κ2) is 8.94. The molecule has 146 valence electrons. The lowest BCUT2D eigenvalue weighted by molar-refractivity contribution is -0.133. The van der Waals surface area contributed by atoms with Gasteiger partial charge in [-0.3, -0.25) is 9.36 Å². The standard InChI is InChI=1S/C19H28N6O2/c1-22(2)9-4-11-24-14-8-20-18(24)16-5-12-23(13-6-16)17(26)15-25-10-3-7-21-19(25)27/h3,7-8,10,14,16H,4-6,9,11-13,15H2,1-2H3. The van der Waals surface area contributed by atoms with E-state index in [0.29, 0.717) is 19.0 Å². The van der Waals surface area contributed by atoms with Crippen molar-refractivity contribution < 1.29 is 4.79 Å². The van der Waals surface area contributed by atoms with Crippen molar-refractivity contribution in [3.05, 3.63) is 47.2 Å². The molecule has 0 N–H and O–H groups in total. The van der Waals surface area contributed by atoms with Crippen molar-refractivity contribution in [1.82, 2.24) is 28.9 Å². The average Bonchev–Trinajstić information content (AvgIpc) is 3.12. The van der Waals surface area contributed by atoms with E-state index in [4.69, 9.17) is 0 Å². The summed E-state index contributed by atoms with van der Waals surface area (Å²) in [5.41, 5.74) is -0.388. The minimum atomic E-state index is -0.388. The Morgan fingerprint density at radius 2 is 1.93 bits per heavy atom. The highest BCUT2D eigenvalue weighted by Crippen LogP contribution is 2.27. The van der Waals surface area contributed by atoms with E-state index >= 15 is 0 Å². The van der Waals surface area contributed by atoms with E-state index in [2.05, 4.69) is 39.7 Å². The predicted octanol–water partition coefficient (Wildman–Crippen LogP) is 0.798. The van der Waals surface area contributed by atoms with Crippen LogP contribution in [-0.4, -0.2) is 68.5 Å². The first kappa shape index (κ1) is 19.3. The lowest BCUT2D eigenvalue weighted by Gasteiger charge is -2.32. The number of piperidine rings is 1. The highest BCUT2D eigenvalue weighted by molar-refractivity contribution is 5.76. The van der Waals surface area contributed by atoms with Gasteiger partial charge in [0.1, 0.15) is 12.4 Å². The molecule has 1 aliphatic rings. The number of aromatic nitrogens is 4. The molecular formula is C19H28N6O2. The summed E-state index contributed by atoms with van der Waals surface area (Å²) in [6.45, 7) is 3.47. The lowest BCUT2D eigenvalue weighted by atomic mass is 9.95. The zero-order valence-electron chi connectivity index (χ0n) is 16.1. The molecule has 0 radical (unpaired) electrons. The van der Waals surface area contributed by atoms with Crippen LogP contribution < -0.4 is 5.69 Å². The second-order valence-electron chi connectivity index (χ2n) is 7.32. The van der Waals surface area contributed by atoms with Gasteiger partial charge in [0.05, 0.1) is 0 Å². The topological polar surface area (TPSA) is 76.3 Å². The van der Waals surface area contributed by atoms with E-state index in [9.17, 15) is 9.59 Å². The zero-order chi connectivity index (χ0) is 19.2. The van der Waals surface area contributed by atoms with Gasteiger partial charge in [-0.25, -0.2) is 14.8 Å². The van der Waals surface area contributed by atoms with Crippen LogP contribution in [0.5, 0.6) is 0 Å². The summed E-state index contributed by atoms with van der Waals surface area (Å²) in [5, 5.41) is 0. The average molecular weight is 372 g/mol. The van der Waals surface area contributed by atoms with Crippen molar-refractivity contribution in [3.63, 3.8) is 0 Å². The number of rotatable bonds is 7. The number of hydrogen-bond acceptors (Lipinski definition) is 5. The Morgan fingerprint density at radius 1 is 1.15 bits per heavy atom. The Morgan fingerprint density at radius 3 is 2.63 bits per heavy atom. The van der Waals surface area contributed by atoms with Crippen molar-refractivity contribution in [2.75, 3.05) is 33.7 Å². The SMILES string of the molecule is CN(C)CCCn1ccnc1C1CCN(C(=O)Cn2cccnc2=O)CC1. The largest absolute Gasteiger partial charge is 0.347 e. The van der Waals surface area contributed by atoms with Crippen LogP contribution in [0.15, 0.2) is 35.6 Å². The third-order valence-electron chi connectivity index (χ3n) is 5.05. The van der Waals surface area contributed by atoms with Crippen molar-refractivity contribution in [2.45, 2.75) is 38.3 Å². The molecule has 1 fully saturated rings. The van der Waals surface area contributed by atoms with Gasteiger partial charge in [-0.2, -0.15) is 0 Å². The fourth-order valence-electron chi connectivity index (χ4n) is 3.57. The summed E-state index contributed by atoms with van der Waals surface area (Å²) in [5.74, 6) is 1.48. The number of amides is 1. The predicted molar refractivity (Wildman–Crippen MR) is 102 cm³/mol. The highest BCUT2D eigenvalue weighted by Gasteiger charge is 2.26. The van der Waals surface area contributed by atoms with E-state index < -0.39 is 0 Å². The minimum Gasteiger partial charge on any atom is -0.341 e. The smallest absolute Gasteiger partial charge is 0.341 e. The van der Waals surface area contributed by atoms with Gasteiger partial charge in [0.15, 0.2) is 0 Å². The van der Waals surface area contributed by atoms with Crippen molar-refractivity contribution in [2.24, 2.45) is 0 Å². The molecular weight excluding hydrogens is 344 g/mol. The minimum absolute atomic E-state index is 0.0297. The summed E-state index contributed by atoms with van der Waals surface area (Å²) < 4.78 is 3.60. The molecule has 0 spiro atoms. The Bertz CT molecular complexity index is 804. The first-order valence-electron chi connectivity index (χ1n) is 9.49. The van der Waals surface area contributed by atoms with Gasteiger partial charge in [-0.05, 0) is 46.0 Å². The van der Waals surface area contributed by atoms with E-state index in [0.717, 1.165) is 38.2 Å². The Balaban J connectivity index is 1.53. The van der Waals surface area contributed by atoms with E-state index in [1.807, 2.05) is 11.1 Å². The summed E-state index contributed by atoms with van der Waals surface area (Å²) in [7, 11) is 4.17. The van der Waals surface area contributed by atoms with Crippen LogP contribution in [0, 0.1) is 0 Å². The summed E-state index contributed by atoms with van der Waals surface area (Å²) in [6, 6.07) is 1.66. The molecule has 8 nitrogen and oxygen atoms in total. The summed E-state index contributed by atoms with van der Waals surface area (Å²) in [6.07, 6.45) is 9.86. The number of hydrogen-bond donors (Lipinski definition) is 0. The molecule has 0 aliphatic carbocycles. The number of carbonyl (C=O) groups is 1. The maximum absolute atomic E-state index is 12.5. The van der Waals surface area contributed by atoms with Gasteiger partial charge in [-0.15, -0.1) is 0 Å². The first-order chi connectivity index (χ1) is 13.0. The zero-order valence-corrected chi connectivity index (χ0v) is 16.1. The molecule has 8 heteroatoms. The van der Waals surface area contributed by atoms with Crippen molar-refractivity contribution >= 4 is 5.91 Å². The van der Waals surface area contributed by atoms with E-state index in [-0.39, 0.29) is 18.1 Å². The molecule has 0 bridgehead atoms. The van der Waals surface area contributed by atoms with Crippen LogP contribution >= 0.6 is 0 Å². The van der Waals surface area contributed by atoms with Crippen LogP contribution in [-0.2, 0) is 17.9 Å².